The lowest BCUT2D eigenvalue weighted by Gasteiger charge is -2.21. The summed E-state index contributed by atoms with van der Waals surface area (Å²) in [6.45, 7) is 0.243. The smallest absolute Gasteiger partial charge is 0.321 e. The number of amides is 2. The Balaban J connectivity index is 2.58. The van der Waals surface area contributed by atoms with Crippen LogP contribution < -0.4 is 5.32 Å². The minimum absolute atomic E-state index is 0.110. The average Bonchev–Trinajstić information content (AvgIpc) is 2.32. The molecule has 0 bridgehead atoms. The third-order valence-electron chi connectivity index (χ3n) is 2.36. The van der Waals surface area contributed by atoms with Crippen molar-refractivity contribution in [3.63, 3.8) is 0 Å². The third-order valence-corrected chi connectivity index (χ3v) is 2.68. The lowest BCUT2D eigenvalue weighted by molar-refractivity contribution is 0.0501. The van der Waals surface area contributed by atoms with E-state index in [2.05, 4.69) is 5.32 Å². The third kappa shape index (κ3) is 5.02. The maximum Gasteiger partial charge on any atom is 0.321 e. The first-order valence-corrected chi connectivity index (χ1v) is 5.96. The normalized spacial score (nSPS) is 12.1. The number of aliphatic hydroxyl groups excluding tert-OH is 1. The molecular weight excluding hydrogens is 275 g/mol. The maximum absolute atomic E-state index is 12.8. The highest BCUT2D eigenvalue weighted by molar-refractivity contribution is 6.33. The fraction of sp³-hybridized carbons (Fsp3) is 0.417. The van der Waals surface area contributed by atoms with Gasteiger partial charge in [0.25, 0.3) is 0 Å². The predicted octanol–water partition coefficient (Wildman–Crippen LogP) is 1.95. The number of nitrogens with zero attached hydrogens (tertiary/aromatic N) is 1. The first-order chi connectivity index (χ1) is 8.93. The molecule has 2 amide bonds. The summed E-state index contributed by atoms with van der Waals surface area (Å²) in [5.41, 5.74) is 0.307. The van der Waals surface area contributed by atoms with Gasteiger partial charge in [-0.3, -0.25) is 0 Å². The molecular formula is C12H16ClFN2O3. The number of carbonyl (C=O) groups is 1. The van der Waals surface area contributed by atoms with Gasteiger partial charge in [0.15, 0.2) is 0 Å². The fourth-order valence-corrected chi connectivity index (χ4v) is 1.66. The molecule has 0 aromatic heterocycles. The maximum atomic E-state index is 12.8. The van der Waals surface area contributed by atoms with E-state index in [-0.39, 0.29) is 18.2 Å². The molecule has 0 spiro atoms. The molecule has 1 aromatic rings. The molecule has 0 aliphatic heterocycles. The summed E-state index contributed by atoms with van der Waals surface area (Å²) in [6, 6.07) is 3.22. The lowest BCUT2D eigenvalue weighted by atomic mass is 10.3. The first kappa shape index (κ1) is 15.7. The second-order valence-corrected chi connectivity index (χ2v) is 4.45. The second-order valence-electron chi connectivity index (χ2n) is 4.04. The van der Waals surface area contributed by atoms with Crippen molar-refractivity contribution in [2.45, 2.75) is 6.10 Å². The van der Waals surface area contributed by atoms with Crippen LogP contribution in [0.5, 0.6) is 0 Å². The van der Waals surface area contributed by atoms with Crippen molar-refractivity contribution in [2.75, 3.05) is 32.6 Å². The molecule has 19 heavy (non-hydrogen) atoms. The van der Waals surface area contributed by atoms with Crippen molar-refractivity contribution in [3.8, 4) is 0 Å². The number of ether oxygens (including phenoxy) is 1. The van der Waals surface area contributed by atoms with Crippen molar-refractivity contribution < 1.29 is 19.0 Å². The minimum atomic E-state index is -0.774. The van der Waals surface area contributed by atoms with E-state index in [9.17, 15) is 14.3 Å². The average molecular weight is 291 g/mol. The Hall–Kier alpha value is -1.37. The summed E-state index contributed by atoms with van der Waals surface area (Å²) in [7, 11) is 2.98. The molecule has 5 nitrogen and oxygen atoms in total. The quantitative estimate of drug-likeness (QED) is 0.871. The number of hydrogen-bond acceptors (Lipinski definition) is 3. The number of anilines is 1. The standard InChI is InChI=1S/C12H16ClFN2O3/c1-16(6-9(17)7-19-2)12(18)15-11-4-3-8(14)5-10(11)13/h3-5,9,17H,6-7H2,1-2H3,(H,15,18). The van der Waals surface area contributed by atoms with Crippen LogP contribution in [0.2, 0.25) is 5.02 Å². The van der Waals surface area contributed by atoms with E-state index in [1.54, 1.807) is 0 Å². The van der Waals surface area contributed by atoms with Crippen LogP contribution in [0.15, 0.2) is 18.2 Å². The SMILES string of the molecule is COCC(O)CN(C)C(=O)Nc1ccc(F)cc1Cl. The van der Waals surface area contributed by atoms with Gasteiger partial charge in [-0.25, -0.2) is 9.18 Å². The zero-order chi connectivity index (χ0) is 14.4. The first-order valence-electron chi connectivity index (χ1n) is 5.58. The van der Waals surface area contributed by atoms with Gasteiger partial charge in [-0.15, -0.1) is 0 Å². The molecule has 1 aromatic carbocycles. The largest absolute Gasteiger partial charge is 0.389 e. The van der Waals surface area contributed by atoms with Crippen LogP contribution in [-0.2, 0) is 4.74 Å². The number of carbonyl (C=O) groups excluding carboxylic acids is 1. The molecule has 1 unspecified atom stereocenters. The lowest BCUT2D eigenvalue weighted by Crippen LogP contribution is -2.38. The Bertz CT molecular complexity index is 445. The van der Waals surface area contributed by atoms with Crippen molar-refractivity contribution >= 4 is 23.3 Å². The number of nitrogens with one attached hydrogen (secondary N) is 1. The van der Waals surface area contributed by atoms with Crippen LogP contribution in [0.3, 0.4) is 0 Å². The number of rotatable bonds is 5. The Kier molecular flexibility index (Phi) is 6.01. The molecule has 2 N–H and O–H groups in total. The highest BCUT2D eigenvalue weighted by Gasteiger charge is 2.14. The van der Waals surface area contributed by atoms with Gasteiger partial charge in [-0.05, 0) is 18.2 Å². The number of benzene rings is 1. The van der Waals surface area contributed by atoms with E-state index >= 15 is 0 Å². The van der Waals surface area contributed by atoms with E-state index in [0.717, 1.165) is 6.07 Å². The van der Waals surface area contributed by atoms with E-state index in [4.69, 9.17) is 16.3 Å². The van der Waals surface area contributed by atoms with E-state index in [0.29, 0.717) is 5.69 Å². The highest BCUT2D eigenvalue weighted by Crippen LogP contribution is 2.22. The van der Waals surface area contributed by atoms with Crippen LogP contribution in [-0.4, -0.2) is 49.5 Å². The highest BCUT2D eigenvalue weighted by atomic mass is 35.5. The molecule has 0 heterocycles. The molecule has 0 saturated carbocycles. The molecule has 0 fully saturated rings. The Morgan fingerprint density at radius 1 is 1.63 bits per heavy atom. The number of urea groups is 1. The summed E-state index contributed by atoms with van der Waals surface area (Å²) in [4.78, 5) is 13.1. The number of likely N-dealkylation sites (N-methyl/N-ethyl adjacent to an activating group) is 1. The minimum Gasteiger partial charge on any atom is -0.389 e. The number of hydrogen-bond donors (Lipinski definition) is 2. The summed E-state index contributed by atoms with van der Waals surface area (Å²) in [5, 5.41) is 12.1. The molecule has 0 saturated heterocycles. The van der Waals surface area contributed by atoms with Gasteiger partial charge in [0.2, 0.25) is 0 Å². The Morgan fingerprint density at radius 2 is 2.32 bits per heavy atom. The van der Waals surface area contributed by atoms with Gasteiger partial charge in [-0.2, -0.15) is 0 Å². The molecule has 1 rings (SSSR count). The molecule has 0 radical (unpaired) electrons. The number of aliphatic hydroxyl groups is 1. The van der Waals surface area contributed by atoms with Crippen LogP contribution in [0.4, 0.5) is 14.9 Å². The molecule has 0 aliphatic carbocycles. The summed E-state index contributed by atoms with van der Waals surface area (Å²) < 4.78 is 17.6. The van der Waals surface area contributed by atoms with Crippen molar-refractivity contribution in [1.29, 1.82) is 0 Å². The fourth-order valence-electron chi connectivity index (χ4n) is 1.45. The van der Waals surface area contributed by atoms with Gasteiger partial charge in [0, 0.05) is 14.2 Å². The topological polar surface area (TPSA) is 61.8 Å². The van der Waals surface area contributed by atoms with Crippen molar-refractivity contribution in [1.82, 2.24) is 4.90 Å². The monoisotopic (exact) mass is 290 g/mol. The van der Waals surface area contributed by atoms with Crippen LogP contribution in [0, 0.1) is 5.82 Å². The van der Waals surface area contributed by atoms with Crippen LogP contribution >= 0.6 is 11.6 Å². The van der Waals surface area contributed by atoms with E-state index in [1.807, 2.05) is 0 Å². The second kappa shape index (κ2) is 7.28. The van der Waals surface area contributed by atoms with Gasteiger partial charge in [-0.1, -0.05) is 11.6 Å². The summed E-state index contributed by atoms with van der Waals surface area (Å²) >= 11 is 5.79. The predicted molar refractivity (Wildman–Crippen MR) is 70.9 cm³/mol. The Labute approximate surface area is 115 Å². The van der Waals surface area contributed by atoms with Crippen LogP contribution in [0.25, 0.3) is 0 Å². The Morgan fingerprint density at radius 3 is 2.89 bits per heavy atom. The summed E-state index contributed by atoms with van der Waals surface area (Å²) in [5.74, 6) is -0.480. The van der Waals surface area contributed by atoms with Crippen molar-refractivity contribution in [2.24, 2.45) is 0 Å². The number of halogens is 2. The molecule has 106 valence electrons. The van der Waals surface area contributed by atoms with Gasteiger partial charge < -0.3 is 20.1 Å². The molecule has 0 aliphatic rings. The molecule has 1 atom stereocenters. The van der Waals surface area contributed by atoms with Gasteiger partial charge in [0.05, 0.1) is 30.0 Å². The van der Waals surface area contributed by atoms with Crippen molar-refractivity contribution in [3.05, 3.63) is 29.0 Å². The molecule has 7 heteroatoms. The zero-order valence-corrected chi connectivity index (χ0v) is 11.4. The van der Waals surface area contributed by atoms with E-state index in [1.165, 1.54) is 31.2 Å². The van der Waals surface area contributed by atoms with Crippen LogP contribution in [0.1, 0.15) is 0 Å². The van der Waals surface area contributed by atoms with Gasteiger partial charge in [0.1, 0.15) is 5.82 Å². The number of methoxy groups -OCH3 is 1. The van der Waals surface area contributed by atoms with Gasteiger partial charge >= 0.3 is 6.03 Å². The summed E-state index contributed by atoms with van der Waals surface area (Å²) in [6.07, 6.45) is -0.774. The van der Waals surface area contributed by atoms with E-state index < -0.39 is 18.0 Å². The zero-order valence-electron chi connectivity index (χ0n) is 10.7.